The van der Waals surface area contributed by atoms with Gasteiger partial charge in [0.2, 0.25) is 0 Å². The Morgan fingerprint density at radius 1 is 1.58 bits per heavy atom. The van der Waals surface area contributed by atoms with Gasteiger partial charge in [0.05, 0.1) is 6.67 Å². The lowest BCUT2D eigenvalue weighted by atomic mass is 10.2. The highest BCUT2D eigenvalue weighted by Crippen LogP contribution is 2.11. The summed E-state index contributed by atoms with van der Waals surface area (Å²) in [7, 11) is 0. The van der Waals surface area contributed by atoms with Crippen LogP contribution in [0, 0.1) is 0 Å². The van der Waals surface area contributed by atoms with E-state index in [0.717, 1.165) is 13.2 Å². The normalized spacial score (nSPS) is 18.5. The Bertz CT molecular complexity index is 175. The van der Waals surface area contributed by atoms with Gasteiger partial charge in [-0.25, -0.2) is 0 Å². The molecule has 0 aromatic heterocycles. The molecule has 0 N–H and O–H groups in total. The summed E-state index contributed by atoms with van der Waals surface area (Å²) >= 11 is 0. The lowest BCUT2D eigenvalue weighted by Crippen LogP contribution is -2.31. The molecule has 0 aliphatic carbocycles. The van der Waals surface area contributed by atoms with Crippen LogP contribution in [0.3, 0.4) is 0 Å². The average Bonchev–Trinajstić information content (AvgIpc) is 2.52. The van der Waals surface area contributed by atoms with Gasteiger partial charge in [0.1, 0.15) is 0 Å². The zero-order valence-corrected chi connectivity index (χ0v) is 8.03. The van der Waals surface area contributed by atoms with Gasteiger partial charge in [-0.3, -0.25) is 0 Å². The fourth-order valence-electron chi connectivity index (χ4n) is 1.29. The zero-order valence-electron chi connectivity index (χ0n) is 8.03. The third kappa shape index (κ3) is 2.03. The molecule has 0 spiro atoms. The minimum atomic E-state index is 0.649. The van der Waals surface area contributed by atoms with E-state index in [1.165, 1.54) is 6.42 Å². The minimum Gasteiger partial charge on any atom is -0.356 e. The molecule has 0 aromatic rings. The molecule has 0 bridgehead atoms. The maximum absolute atomic E-state index is 3.72. The molecule has 0 fully saturated rings. The lowest BCUT2D eigenvalue weighted by Gasteiger charge is -2.25. The number of hydrogen-bond acceptors (Lipinski definition) is 2. The van der Waals surface area contributed by atoms with Crippen LogP contribution in [-0.4, -0.2) is 29.1 Å². The van der Waals surface area contributed by atoms with E-state index in [0.29, 0.717) is 6.04 Å². The number of nitrogens with zero attached hydrogens (tertiary/aromatic N) is 2. The molecule has 1 unspecified atom stereocenters. The largest absolute Gasteiger partial charge is 0.356 e. The molecule has 0 aromatic carbocycles. The van der Waals surface area contributed by atoms with Gasteiger partial charge in [-0.15, -0.1) is 6.58 Å². The predicted molar refractivity (Wildman–Crippen MR) is 52.5 cm³/mol. The highest BCUT2D eigenvalue weighted by atomic mass is 15.3. The van der Waals surface area contributed by atoms with Crippen LogP contribution in [0.1, 0.15) is 20.3 Å². The van der Waals surface area contributed by atoms with Crippen molar-refractivity contribution in [2.45, 2.75) is 26.3 Å². The van der Waals surface area contributed by atoms with Crippen molar-refractivity contribution in [2.75, 3.05) is 13.2 Å². The highest BCUT2D eigenvalue weighted by Gasteiger charge is 2.14. The van der Waals surface area contributed by atoms with Crippen molar-refractivity contribution in [1.82, 2.24) is 9.80 Å². The molecule has 0 radical (unpaired) electrons. The summed E-state index contributed by atoms with van der Waals surface area (Å²) < 4.78 is 0. The third-order valence-corrected chi connectivity index (χ3v) is 2.33. The first-order valence-corrected chi connectivity index (χ1v) is 4.57. The Labute approximate surface area is 75.2 Å². The number of hydrogen-bond donors (Lipinski definition) is 0. The monoisotopic (exact) mass is 166 g/mol. The topological polar surface area (TPSA) is 6.48 Å². The molecule has 2 heteroatoms. The highest BCUT2D eigenvalue weighted by molar-refractivity contribution is 4.94. The molecule has 0 amide bonds. The summed E-state index contributed by atoms with van der Waals surface area (Å²) in [5.74, 6) is 0. The van der Waals surface area contributed by atoms with Crippen LogP contribution in [0.4, 0.5) is 0 Å². The number of rotatable bonds is 4. The van der Waals surface area contributed by atoms with E-state index in [2.05, 4.69) is 42.6 Å². The van der Waals surface area contributed by atoms with Crippen molar-refractivity contribution >= 4 is 0 Å². The van der Waals surface area contributed by atoms with Gasteiger partial charge in [-0.1, -0.05) is 13.0 Å². The van der Waals surface area contributed by atoms with Crippen molar-refractivity contribution in [3.63, 3.8) is 0 Å². The molecule has 1 rings (SSSR count). The summed E-state index contributed by atoms with van der Waals surface area (Å²) in [4.78, 5) is 4.60. The van der Waals surface area contributed by atoms with Gasteiger partial charge < -0.3 is 9.80 Å². The van der Waals surface area contributed by atoms with Crippen LogP contribution < -0.4 is 0 Å². The summed E-state index contributed by atoms with van der Waals surface area (Å²) in [5.41, 5.74) is 0. The van der Waals surface area contributed by atoms with E-state index in [1.54, 1.807) is 0 Å². The Balaban J connectivity index is 2.36. The van der Waals surface area contributed by atoms with Gasteiger partial charge in [0.25, 0.3) is 0 Å². The Kier molecular flexibility index (Phi) is 3.20. The maximum Gasteiger partial charge on any atom is 0.0899 e. The molecule has 2 nitrogen and oxygen atoms in total. The Hall–Kier alpha value is -0.920. The van der Waals surface area contributed by atoms with E-state index in [-0.39, 0.29) is 0 Å². The fraction of sp³-hybridized carbons (Fsp3) is 0.600. The van der Waals surface area contributed by atoms with Crippen LogP contribution in [0.25, 0.3) is 0 Å². The summed E-state index contributed by atoms with van der Waals surface area (Å²) in [6.07, 6.45) is 7.43. The molecule has 12 heavy (non-hydrogen) atoms. The smallest absolute Gasteiger partial charge is 0.0899 e. The third-order valence-electron chi connectivity index (χ3n) is 2.33. The van der Waals surface area contributed by atoms with Crippen LogP contribution in [0.15, 0.2) is 25.1 Å². The van der Waals surface area contributed by atoms with E-state index in [4.69, 9.17) is 0 Å². The molecule has 1 aliphatic rings. The average molecular weight is 166 g/mol. The van der Waals surface area contributed by atoms with E-state index in [1.807, 2.05) is 6.08 Å². The fourth-order valence-corrected chi connectivity index (χ4v) is 1.29. The van der Waals surface area contributed by atoms with Crippen molar-refractivity contribution in [1.29, 1.82) is 0 Å². The quantitative estimate of drug-likeness (QED) is 0.589. The molecule has 0 saturated heterocycles. The summed E-state index contributed by atoms with van der Waals surface area (Å²) in [5, 5.41) is 0. The van der Waals surface area contributed by atoms with Gasteiger partial charge in [0.15, 0.2) is 0 Å². The van der Waals surface area contributed by atoms with Crippen molar-refractivity contribution in [2.24, 2.45) is 0 Å². The van der Waals surface area contributed by atoms with Gasteiger partial charge in [0, 0.05) is 25.0 Å². The van der Waals surface area contributed by atoms with Crippen LogP contribution in [0.2, 0.25) is 0 Å². The second-order valence-electron chi connectivity index (χ2n) is 3.27. The molecular weight excluding hydrogens is 148 g/mol. The van der Waals surface area contributed by atoms with Gasteiger partial charge in [-0.05, 0) is 13.3 Å². The second kappa shape index (κ2) is 4.19. The standard InChI is InChI=1S/C10H18N2/c1-4-6-11-7-8-12(9-11)10(3)5-2/h4,7-8,10H,1,5-6,9H2,2-3H3. The first-order chi connectivity index (χ1) is 5.77. The molecule has 1 heterocycles. The van der Waals surface area contributed by atoms with Crippen LogP contribution in [-0.2, 0) is 0 Å². The van der Waals surface area contributed by atoms with Crippen molar-refractivity contribution in [3.8, 4) is 0 Å². The van der Waals surface area contributed by atoms with E-state index < -0.39 is 0 Å². The van der Waals surface area contributed by atoms with E-state index >= 15 is 0 Å². The Morgan fingerprint density at radius 3 is 2.92 bits per heavy atom. The lowest BCUT2D eigenvalue weighted by molar-refractivity contribution is 0.227. The van der Waals surface area contributed by atoms with Gasteiger partial charge in [-0.2, -0.15) is 0 Å². The predicted octanol–water partition coefficient (Wildman–Crippen LogP) is 2.02. The summed E-state index contributed by atoms with van der Waals surface area (Å²) in [6, 6.07) is 0.649. The minimum absolute atomic E-state index is 0.649. The molecular formula is C10H18N2. The molecule has 1 aliphatic heterocycles. The van der Waals surface area contributed by atoms with Crippen molar-refractivity contribution < 1.29 is 0 Å². The van der Waals surface area contributed by atoms with Crippen molar-refractivity contribution in [3.05, 3.63) is 25.1 Å². The molecule has 1 atom stereocenters. The molecule has 0 saturated carbocycles. The Morgan fingerprint density at radius 2 is 2.33 bits per heavy atom. The summed E-state index contributed by atoms with van der Waals surface area (Å²) in [6.45, 7) is 10.2. The van der Waals surface area contributed by atoms with Crippen LogP contribution >= 0.6 is 0 Å². The first-order valence-electron chi connectivity index (χ1n) is 4.57. The molecule has 68 valence electrons. The first kappa shape index (κ1) is 9.17. The zero-order chi connectivity index (χ0) is 8.97. The maximum atomic E-state index is 3.72. The SMILES string of the molecule is C=CCN1C=CN(C(C)CC)C1. The van der Waals surface area contributed by atoms with Gasteiger partial charge >= 0.3 is 0 Å². The van der Waals surface area contributed by atoms with E-state index in [9.17, 15) is 0 Å². The second-order valence-corrected chi connectivity index (χ2v) is 3.27. The van der Waals surface area contributed by atoms with Crippen LogP contribution in [0.5, 0.6) is 0 Å².